The Bertz CT molecular complexity index is 316. The highest BCUT2D eigenvalue weighted by molar-refractivity contribution is 5.74. The average molecular weight is 271 g/mol. The fourth-order valence-corrected chi connectivity index (χ4v) is 2.38. The Kier molecular flexibility index (Phi) is 5.79. The van der Waals surface area contributed by atoms with Gasteiger partial charge < -0.3 is 15.2 Å². The van der Waals surface area contributed by atoms with E-state index in [1.807, 2.05) is 20.8 Å². The highest BCUT2D eigenvalue weighted by Crippen LogP contribution is 2.21. The second-order valence-electron chi connectivity index (χ2n) is 6.13. The minimum absolute atomic E-state index is 0.0197. The highest BCUT2D eigenvalue weighted by Gasteiger charge is 2.30. The lowest BCUT2D eigenvalue weighted by Crippen LogP contribution is -2.43. The number of carbonyl (C=O) groups excluding carboxylic acids is 1. The second-order valence-corrected chi connectivity index (χ2v) is 6.13. The molecule has 0 bridgehead atoms. The van der Waals surface area contributed by atoms with Crippen LogP contribution in [-0.4, -0.2) is 35.2 Å². The Balaban J connectivity index is 2.45. The zero-order chi connectivity index (χ0) is 14.5. The summed E-state index contributed by atoms with van der Waals surface area (Å²) in [6, 6.07) is -0.0197. The molecule has 2 unspecified atom stereocenters. The van der Waals surface area contributed by atoms with Crippen molar-refractivity contribution in [2.45, 2.75) is 64.5 Å². The maximum absolute atomic E-state index is 11.6. The van der Waals surface area contributed by atoms with Gasteiger partial charge in [0.2, 0.25) is 0 Å². The summed E-state index contributed by atoms with van der Waals surface area (Å²) in [5, 5.41) is 12.5. The zero-order valence-corrected chi connectivity index (χ0v) is 12.1. The van der Waals surface area contributed by atoms with Gasteiger partial charge in [-0.1, -0.05) is 6.42 Å². The van der Waals surface area contributed by atoms with E-state index in [2.05, 4.69) is 5.32 Å². The molecule has 5 nitrogen and oxygen atoms in total. The molecule has 0 spiro atoms. The van der Waals surface area contributed by atoms with Gasteiger partial charge >= 0.3 is 11.9 Å². The Hall–Kier alpha value is -1.10. The number of nitrogens with one attached hydrogen (secondary N) is 1. The molecule has 5 heteroatoms. The molecule has 1 saturated heterocycles. The fourth-order valence-electron chi connectivity index (χ4n) is 2.38. The molecule has 0 aromatic heterocycles. The van der Waals surface area contributed by atoms with E-state index in [9.17, 15) is 14.7 Å². The molecule has 0 aromatic carbocycles. The molecule has 1 aliphatic heterocycles. The second kappa shape index (κ2) is 6.89. The number of hydrogen-bond donors (Lipinski definition) is 2. The molecule has 0 aliphatic carbocycles. The number of hydrogen-bond acceptors (Lipinski definition) is 4. The zero-order valence-electron chi connectivity index (χ0n) is 12.1. The van der Waals surface area contributed by atoms with Crippen molar-refractivity contribution in [3.63, 3.8) is 0 Å². The summed E-state index contributed by atoms with van der Waals surface area (Å²) in [4.78, 5) is 22.9. The first-order valence-corrected chi connectivity index (χ1v) is 6.97. The van der Waals surface area contributed by atoms with Gasteiger partial charge in [-0.15, -0.1) is 0 Å². The first-order valence-electron chi connectivity index (χ1n) is 6.97. The highest BCUT2D eigenvalue weighted by atomic mass is 16.6. The Labute approximate surface area is 114 Å². The molecule has 1 heterocycles. The third-order valence-electron chi connectivity index (χ3n) is 3.23. The van der Waals surface area contributed by atoms with Gasteiger partial charge in [-0.05, 0) is 46.6 Å². The smallest absolute Gasteiger partial charge is 0.308 e. The number of carboxylic acids is 1. The third kappa shape index (κ3) is 6.05. The van der Waals surface area contributed by atoms with E-state index in [0.717, 1.165) is 25.8 Å². The van der Waals surface area contributed by atoms with Crippen LogP contribution < -0.4 is 5.32 Å². The van der Waals surface area contributed by atoms with Crippen molar-refractivity contribution < 1.29 is 19.4 Å². The summed E-state index contributed by atoms with van der Waals surface area (Å²) >= 11 is 0. The van der Waals surface area contributed by atoms with Crippen LogP contribution >= 0.6 is 0 Å². The fraction of sp³-hybridized carbons (Fsp3) is 0.857. The van der Waals surface area contributed by atoms with Crippen LogP contribution in [0.25, 0.3) is 0 Å². The van der Waals surface area contributed by atoms with Gasteiger partial charge in [-0.25, -0.2) is 0 Å². The van der Waals surface area contributed by atoms with Crippen molar-refractivity contribution in [2.24, 2.45) is 5.92 Å². The van der Waals surface area contributed by atoms with Gasteiger partial charge in [-0.2, -0.15) is 0 Å². The van der Waals surface area contributed by atoms with Crippen molar-refractivity contribution in [3.8, 4) is 0 Å². The van der Waals surface area contributed by atoms with Gasteiger partial charge in [-0.3, -0.25) is 9.59 Å². The van der Waals surface area contributed by atoms with Gasteiger partial charge in [0.1, 0.15) is 5.60 Å². The van der Waals surface area contributed by atoms with Crippen molar-refractivity contribution in [1.29, 1.82) is 0 Å². The van der Waals surface area contributed by atoms with E-state index in [0.29, 0.717) is 6.42 Å². The van der Waals surface area contributed by atoms with Crippen LogP contribution in [0.2, 0.25) is 0 Å². The summed E-state index contributed by atoms with van der Waals surface area (Å²) in [7, 11) is 0. The van der Waals surface area contributed by atoms with E-state index < -0.39 is 17.5 Å². The molecule has 0 amide bonds. The molecule has 2 N–H and O–H groups in total. The Morgan fingerprint density at radius 1 is 1.37 bits per heavy atom. The minimum atomic E-state index is -0.831. The number of rotatable bonds is 5. The number of ether oxygens (including phenoxy) is 1. The molecule has 0 aromatic rings. The first kappa shape index (κ1) is 16.0. The predicted molar refractivity (Wildman–Crippen MR) is 71.8 cm³/mol. The number of esters is 1. The average Bonchev–Trinajstić information content (AvgIpc) is 2.27. The van der Waals surface area contributed by atoms with Crippen molar-refractivity contribution in [1.82, 2.24) is 5.32 Å². The summed E-state index contributed by atoms with van der Waals surface area (Å²) in [6.07, 6.45) is 3.50. The van der Waals surface area contributed by atoms with E-state index in [4.69, 9.17) is 4.74 Å². The van der Waals surface area contributed by atoms with Gasteiger partial charge in [0.15, 0.2) is 0 Å². The molecule has 0 saturated carbocycles. The van der Waals surface area contributed by atoms with Crippen molar-refractivity contribution in [3.05, 3.63) is 0 Å². The van der Waals surface area contributed by atoms with Gasteiger partial charge in [0.25, 0.3) is 0 Å². The molecular formula is C14H25NO4. The third-order valence-corrected chi connectivity index (χ3v) is 3.23. The summed E-state index contributed by atoms with van der Waals surface area (Å²) < 4.78 is 5.20. The van der Waals surface area contributed by atoms with Crippen LogP contribution in [0.5, 0.6) is 0 Å². The topological polar surface area (TPSA) is 75.6 Å². The van der Waals surface area contributed by atoms with Crippen molar-refractivity contribution >= 4 is 11.9 Å². The number of aliphatic carboxylic acids is 1. The summed E-state index contributed by atoms with van der Waals surface area (Å²) in [6.45, 7) is 6.29. The first-order chi connectivity index (χ1) is 8.79. The van der Waals surface area contributed by atoms with Crippen LogP contribution in [0.15, 0.2) is 0 Å². The minimum Gasteiger partial charge on any atom is -0.481 e. The molecule has 1 aliphatic rings. The summed E-state index contributed by atoms with van der Waals surface area (Å²) in [5.41, 5.74) is -0.515. The number of carbonyl (C=O) groups is 2. The largest absolute Gasteiger partial charge is 0.481 e. The Morgan fingerprint density at radius 3 is 2.53 bits per heavy atom. The molecule has 1 rings (SSSR count). The van der Waals surface area contributed by atoms with E-state index in [-0.39, 0.29) is 18.4 Å². The summed E-state index contributed by atoms with van der Waals surface area (Å²) in [5.74, 6) is -1.66. The number of piperidine rings is 1. The van der Waals surface area contributed by atoms with Crippen LogP contribution in [0.4, 0.5) is 0 Å². The van der Waals surface area contributed by atoms with Gasteiger partial charge in [0.05, 0.1) is 5.92 Å². The maximum atomic E-state index is 11.6. The standard InChI is InChI=1S/C14H25NO4/c1-14(2,3)19-12(16)8-7-10(13(17)18)11-6-4-5-9-15-11/h10-11,15H,4-9H2,1-3H3,(H,17,18). The van der Waals surface area contributed by atoms with Crippen molar-refractivity contribution in [2.75, 3.05) is 6.54 Å². The quantitative estimate of drug-likeness (QED) is 0.747. The lowest BCUT2D eigenvalue weighted by molar-refractivity contribution is -0.155. The molecule has 110 valence electrons. The molecule has 0 radical (unpaired) electrons. The Morgan fingerprint density at radius 2 is 2.05 bits per heavy atom. The SMILES string of the molecule is CC(C)(C)OC(=O)CCC(C(=O)O)C1CCCCN1. The van der Waals surface area contributed by atoms with E-state index in [1.54, 1.807) is 0 Å². The molecule has 1 fully saturated rings. The van der Waals surface area contributed by atoms with Crippen LogP contribution in [0.3, 0.4) is 0 Å². The van der Waals surface area contributed by atoms with E-state index >= 15 is 0 Å². The monoisotopic (exact) mass is 271 g/mol. The van der Waals surface area contributed by atoms with Crippen LogP contribution in [0, 0.1) is 5.92 Å². The number of carboxylic acid groups (broad SMARTS) is 1. The maximum Gasteiger partial charge on any atom is 0.308 e. The molecule has 19 heavy (non-hydrogen) atoms. The van der Waals surface area contributed by atoms with E-state index in [1.165, 1.54) is 0 Å². The predicted octanol–water partition coefficient (Wildman–Crippen LogP) is 1.95. The normalized spacial score (nSPS) is 21.7. The molecule has 2 atom stereocenters. The molecular weight excluding hydrogens is 246 g/mol. The van der Waals surface area contributed by atoms with Crippen LogP contribution in [0.1, 0.15) is 52.9 Å². The van der Waals surface area contributed by atoms with Crippen LogP contribution in [-0.2, 0) is 14.3 Å². The van der Waals surface area contributed by atoms with Gasteiger partial charge in [0, 0.05) is 12.5 Å². The lowest BCUT2D eigenvalue weighted by atomic mass is 9.88. The lowest BCUT2D eigenvalue weighted by Gasteiger charge is -2.29.